The van der Waals surface area contributed by atoms with E-state index in [0.29, 0.717) is 23.6 Å². The number of amides is 3. The molecule has 2 atom stereocenters. The summed E-state index contributed by atoms with van der Waals surface area (Å²) >= 11 is 0. The fourth-order valence-corrected chi connectivity index (χ4v) is 3.05. The summed E-state index contributed by atoms with van der Waals surface area (Å²) in [6.07, 6.45) is 3.19. The quantitative estimate of drug-likeness (QED) is 0.490. The topological polar surface area (TPSA) is 152 Å². The van der Waals surface area contributed by atoms with Gasteiger partial charge in [-0.15, -0.1) is 4.28 Å². The number of nitrogens with one attached hydrogen (secondary N) is 1. The third-order valence-electron chi connectivity index (χ3n) is 3.68. The number of nitrogens with zero attached hydrogens (tertiary/aromatic N) is 3. The summed E-state index contributed by atoms with van der Waals surface area (Å²) in [5.74, 6) is -0.556. The number of carbonyl (C=O) groups excluding carboxylic acids is 2. The molecule has 1 aromatic rings. The van der Waals surface area contributed by atoms with E-state index in [1.54, 1.807) is 0 Å². The predicted molar refractivity (Wildman–Crippen MR) is 72.8 cm³/mol. The summed E-state index contributed by atoms with van der Waals surface area (Å²) in [6, 6.07) is -2.20. The number of hydroxylamine groups is 3. The Morgan fingerprint density at radius 2 is 2.29 bits per heavy atom. The fourth-order valence-electron chi connectivity index (χ4n) is 2.66. The molecule has 13 heteroatoms. The molecule has 2 aliphatic heterocycles. The van der Waals surface area contributed by atoms with E-state index in [1.165, 1.54) is 12.7 Å². The minimum absolute atomic E-state index is 0.0104. The fraction of sp³-hybridized carbons (Fsp3) is 0.545. The molecule has 3 amide bonds. The minimum atomic E-state index is -4.82. The smallest absolute Gasteiger partial charge is 0.418 e. The Morgan fingerprint density at radius 3 is 2.96 bits per heavy atom. The molecule has 1 aromatic heterocycles. The third kappa shape index (κ3) is 3.48. The van der Waals surface area contributed by atoms with E-state index < -0.39 is 34.4 Å². The van der Waals surface area contributed by atoms with Crippen molar-refractivity contribution < 1.29 is 36.1 Å². The van der Waals surface area contributed by atoms with Gasteiger partial charge in [0, 0.05) is 6.54 Å². The lowest BCUT2D eigenvalue weighted by molar-refractivity contribution is -0.140. The number of urea groups is 1. The van der Waals surface area contributed by atoms with Crippen LogP contribution in [0, 0.1) is 0 Å². The predicted octanol–water partition coefficient (Wildman–Crippen LogP) is -0.775. The standard InChI is InChI=1S/C11H14N4O8S/c16-10(13-22-5-7-4-21-6-12-7)9-2-1-8-3-14(9)11(17)15(8)23-24(18,19)20/h4,6,8-9H,1-3,5H2,(H,13,16)(H,18,19,20)/t8-,9+/m1/s1. The van der Waals surface area contributed by atoms with E-state index in [-0.39, 0.29) is 13.2 Å². The van der Waals surface area contributed by atoms with Gasteiger partial charge in [-0.1, -0.05) is 0 Å². The first-order chi connectivity index (χ1) is 11.3. The monoisotopic (exact) mass is 362 g/mol. The zero-order valence-electron chi connectivity index (χ0n) is 12.2. The highest BCUT2D eigenvalue weighted by Gasteiger charge is 2.49. The summed E-state index contributed by atoms with van der Waals surface area (Å²) < 4.78 is 39.3. The average Bonchev–Trinajstić information content (AvgIpc) is 3.10. The lowest BCUT2D eigenvalue weighted by Gasteiger charge is -2.28. The summed E-state index contributed by atoms with van der Waals surface area (Å²) in [5.41, 5.74) is 2.69. The van der Waals surface area contributed by atoms with Crippen molar-refractivity contribution in [2.75, 3.05) is 6.54 Å². The van der Waals surface area contributed by atoms with Crippen molar-refractivity contribution in [1.82, 2.24) is 20.4 Å². The molecule has 3 heterocycles. The van der Waals surface area contributed by atoms with Crippen LogP contribution in [0.5, 0.6) is 0 Å². The number of oxazole rings is 1. The van der Waals surface area contributed by atoms with Crippen LogP contribution in [-0.2, 0) is 30.9 Å². The first-order valence-corrected chi connectivity index (χ1v) is 8.27. The summed E-state index contributed by atoms with van der Waals surface area (Å²) in [7, 11) is -4.82. The highest BCUT2D eigenvalue weighted by atomic mass is 32.3. The molecule has 2 N–H and O–H groups in total. The number of hydrogen-bond acceptors (Lipinski definition) is 8. The molecule has 2 bridgehead atoms. The normalized spacial score (nSPS) is 23.6. The summed E-state index contributed by atoms with van der Waals surface area (Å²) in [4.78, 5) is 34.3. The SMILES string of the molecule is O=C(NOCc1cocn1)[C@@H]1CC[C@@H]2CN1C(=O)N2OS(=O)(=O)O. The van der Waals surface area contributed by atoms with E-state index in [2.05, 4.69) is 14.7 Å². The molecule has 2 fully saturated rings. The Hall–Kier alpha value is -2.22. The molecular formula is C11H14N4O8S. The van der Waals surface area contributed by atoms with Crippen molar-refractivity contribution in [2.24, 2.45) is 0 Å². The highest BCUT2D eigenvalue weighted by molar-refractivity contribution is 7.80. The van der Waals surface area contributed by atoms with E-state index in [1.807, 2.05) is 0 Å². The van der Waals surface area contributed by atoms with Gasteiger partial charge in [-0.05, 0) is 12.8 Å². The average molecular weight is 362 g/mol. The second kappa shape index (κ2) is 6.35. The molecule has 2 aliphatic rings. The Kier molecular flexibility index (Phi) is 4.40. The van der Waals surface area contributed by atoms with Gasteiger partial charge in [-0.3, -0.25) is 14.2 Å². The lowest BCUT2D eigenvalue weighted by Crippen LogP contribution is -2.49. The van der Waals surface area contributed by atoms with Crippen molar-refractivity contribution in [3.63, 3.8) is 0 Å². The minimum Gasteiger partial charge on any atom is -0.451 e. The molecule has 0 saturated carbocycles. The van der Waals surface area contributed by atoms with Crippen molar-refractivity contribution >= 4 is 22.3 Å². The van der Waals surface area contributed by atoms with E-state index >= 15 is 0 Å². The zero-order valence-corrected chi connectivity index (χ0v) is 13.0. The van der Waals surface area contributed by atoms with Crippen LogP contribution in [0.3, 0.4) is 0 Å². The molecule has 0 spiro atoms. The second-order valence-corrected chi connectivity index (χ2v) is 6.25. The van der Waals surface area contributed by atoms with Crippen LogP contribution >= 0.6 is 0 Å². The van der Waals surface area contributed by atoms with Crippen LogP contribution in [0.4, 0.5) is 4.79 Å². The van der Waals surface area contributed by atoms with Crippen LogP contribution in [0.15, 0.2) is 17.1 Å². The largest absolute Gasteiger partial charge is 0.451 e. The maximum atomic E-state index is 12.2. The van der Waals surface area contributed by atoms with Gasteiger partial charge in [0.2, 0.25) is 0 Å². The molecular weight excluding hydrogens is 348 g/mol. The number of piperidine rings is 1. The van der Waals surface area contributed by atoms with Crippen LogP contribution in [-0.4, -0.2) is 58.5 Å². The molecule has 24 heavy (non-hydrogen) atoms. The van der Waals surface area contributed by atoms with E-state index in [9.17, 15) is 18.0 Å². The van der Waals surface area contributed by atoms with Gasteiger partial charge in [0.05, 0.1) is 6.04 Å². The second-order valence-electron chi connectivity index (χ2n) is 5.24. The first kappa shape index (κ1) is 16.6. The molecule has 2 saturated heterocycles. The first-order valence-electron chi connectivity index (χ1n) is 6.90. The number of aromatic nitrogens is 1. The van der Waals surface area contributed by atoms with Crippen LogP contribution in [0.2, 0.25) is 0 Å². The summed E-state index contributed by atoms with van der Waals surface area (Å²) in [5, 5.41) is 0.568. The van der Waals surface area contributed by atoms with Crippen molar-refractivity contribution in [1.29, 1.82) is 0 Å². The third-order valence-corrected chi connectivity index (χ3v) is 4.03. The van der Waals surface area contributed by atoms with Gasteiger partial charge >= 0.3 is 16.4 Å². The molecule has 0 unspecified atom stereocenters. The molecule has 0 aliphatic carbocycles. The maximum Gasteiger partial charge on any atom is 0.418 e. The van der Waals surface area contributed by atoms with Gasteiger partial charge in [-0.25, -0.2) is 15.3 Å². The van der Waals surface area contributed by atoms with Gasteiger partial charge in [0.1, 0.15) is 24.6 Å². The van der Waals surface area contributed by atoms with Crippen molar-refractivity contribution in [3.05, 3.63) is 18.4 Å². The zero-order chi connectivity index (χ0) is 17.3. The Bertz CT molecular complexity index is 720. The highest BCUT2D eigenvalue weighted by Crippen LogP contribution is 2.30. The van der Waals surface area contributed by atoms with Crippen LogP contribution in [0.25, 0.3) is 0 Å². The molecule has 0 radical (unpaired) electrons. The van der Waals surface area contributed by atoms with Crippen LogP contribution < -0.4 is 5.48 Å². The van der Waals surface area contributed by atoms with Crippen LogP contribution in [0.1, 0.15) is 18.5 Å². The molecule has 12 nitrogen and oxygen atoms in total. The molecule has 132 valence electrons. The van der Waals surface area contributed by atoms with Gasteiger partial charge in [0.15, 0.2) is 6.39 Å². The van der Waals surface area contributed by atoms with Gasteiger partial charge in [-0.2, -0.15) is 13.5 Å². The maximum absolute atomic E-state index is 12.2. The molecule has 3 rings (SSSR count). The number of rotatable bonds is 6. The van der Waals surface area contributed by atoms with E-state index in [4.69, 9.17) is 13.8 Å². The van der Waals surface area contributed by atoms with Gasteiger partial charge < -0.3 is 9.32 Å². The lowest BCUT2D eigenvalue weighted by atomic mass is 10.0. The van der Waals surface area contributed by atoms with Crippen molar-refractivity contribution in [2.45, 2.75) is 31.5 Å². The van der Waals surface area contributed by atoms with E-state index in [0.717, 1.165) is 4.90 Å². The number of fused-ring (bicyclic) bond motifs is 2. The van der Waals surface area contributed by atoms with Gasteiger partial charge in [0.25, 0.3) is 5.91 Å². The molecule has 0 aromatic carbocycles. The Labute approximate surface area is 136 Å². The van der Waals surface area contributed by atoms with Crippen molar-refractivity contribution in [3.8, 4) is 0 Å². The number of hydrogen-bond donors (Lipinski definition) is 2. The number of carbonyl (C=O) groups is 2. The Balaban J connectivity index is 1.58. The Morgan fingerprint density at radius 1 is 1.50 bits per heavy atom. The summed E-state index contributed by atoms with van der Waals surface area (Å²) in [6.45, 7) is 0.0965.